The molecule has 175 valence electrons. The molecule has 4 heteroatoms. The van der Waals surface area contributed by atoms with Gasteiger partial charge in [-0.3, -0.25) is 0 Å². The number of nitrogens with zero attached hydrogens (tertiary/aromatic N) is 2. The van der Waals surface area contributed by atoms with E-state index in [0.717, 1.165) is 22.5 Å². The van der Waals surface area contributed by atoms with Gasteiger partial charge in [-0.25, -0.2) is 0 Å². The zero-order valence-electron chi connectivity index (χ0n) is 19.2. The van der Waals surface area contributed by atoms with E-state index >= 15 is 0 Å². The quantitative estimate of drug-likeness (QED) is 0.174. The van der Waals surface area contributed by atoms with Crippen LogP contribution in [-0.4, -0.2) is 9.97 Å². The number of thiophene rings is 1. The maximum absolute atomic E-state index is 4.50. The fourth-order valence-corrected chi connectivity index (χ4v) is 5.44. The van der Waals surface area contributed by atoms with Crippen LogP contribution in [0.4, 0.5) is 0 Å². The Kier molecular flexibility index (Phi) is 7.29. The second kappa shape index (κ2) is 10.9. The summed E-state index contributed by atoms with van der Waals surface area (Å²) >= 11 is 1.83. The molecule has 0 aliphatic heterocycles. The summed E-state index contributed by atoms with van der Waals surface area (Å²) in [6.45, 7) is 0. The molecule has 0 spiro atoms. The van der Waals surface area contributed by atoms with Crippen molar-refractivity contribution in [3.63, 3.8) is 0 Å². The minimum absolute atomic E-state index is 0. The van der Waals surface area contributed by atoms with Crippen molar-refractivity contribution in [1.29, 1.82) is 0 Å². The number of aromatic nitrogens is 2. The van der Waals surface area contributed by atoms with Crippen molar-refractivity contribution in [1.82, 2.24) is 9.97 Å². The van der Waals surface area contributed by atoms with Gasteiger partial charge in [0.15, 0.2) is 0 Å². The van der Waals surface area contributed by atoms with E-state index in [-0.39, 0.29) is 20.1 Å². The molecule has 7 rings (SSSR count). The molecule has 3 heterocycles. The van der Waals surface area contributed by atoms with Crippen LogP contribution < -0.4 is 0 Å². The smallest absolute Gasteiger partial charge is 0.0245 e. The van der Waals surface area contributed by atoms with Crippen LogP contribution in [0.2, 0.25) is 0 Å². The third-order valence-corrected chi connectivity index (χ3v) is 7.06. The fourth-order valence-electron chi connectivity index (χ4n) is 4.20. The zero-order chi connectivity index (χ0) is 23.5. The average molecular weight is 657 g/mol. The minimum Gasteiger partial charge on any atom is -0.305 e. The first-order valence-corrected chi connectivity index (χ1v) is 12.2. The van der Waals surface area contributed by atoms with Crippen LogP contribution >= 0.6 is 11.3 Å². The number of hydrogen-bond acceptors (Lipinski definition) is 3. The molecule has 1 radical (unpaired) electrons. The van der Waals surface area contributed by atoms with Crippen molar-refractivity contribution in [2.24, 2.45) is 0 Å². The van der Waals surface area contributed by atoms with Gasteiger partial charge in [0.05, 0.1) is 0 Å². The topological polar surface area (TPSA) is 25.8 Å². The monoisotopic (exact) mass is 657 g/mol. The number of benzene rings is 4. The molecular weight excluding hydrogens is 637 g/mol. The van der Waals surface area contributed by atoms with Crippen molar-refractivity contribution in [2.45, 2.75) is 0 Å². The van der Waals surface area contributed by atoms with Gasteiger partial charge < -0.3 is 9.97 Å². The largest absolute Gasteiger partial charge is 0.305 e. The van der Waals surface area contributed by atoms with Gasteiger partial charge >= 0.3 is 0 Å². The van der Waals surface area contributed by atoms with Gasteiger partial charge in [-0.05, 0) is 56.5 Å². The first-order chi connectivity index (χ1) is 17.4. The molecular formula is C32H20IrN2S-2. The van der Waals surface area contributed by atoms with Crippen LogP contribution in [0.1, 0.15) is 0 Å². The van der Waals surface area contributed by atoms with Crippen LogP contribution in [-0.2, 0) is 20.1 Å². The van der Waals surface area contributed by atoms with Crippen LogP contribution in [0.15, 0.2) is 122 Å². The Bertz CT molecular complexity index is 1690. The number of rotatable bonds is 2. The van der Waals surface area contributed by atoms with Crippen LogP contribution in [0.5, 0.6) is 0 Å². The summed E-state index contributed by atoms with van der Waals surface area (Å²) in [6.07, 6.45) is 3.62. The molecule has 0 unspecified atom stereocenters. The average Bonchev–Trinajstić information content (AvgIpc) is 3.31. The summed E-state index contributed by atoms with van der Waals surface area (Å²) in [4.78, 5) is 8.72. The molecule has 0 amide bonds. The maximum atomic E-state index is 4.50. The summed E-state index contributed by atoms with van der Waals surface area (Å²) in [7, 11) is 0. The number of hydrogen-bond donors (Lipinski definition) is 0. The summed E-state index contributed by atoms with van der Waals surface area (Å²) in [5.74, 6) is 0. The molecule has 0 fully saturated rings. The first-order valence-electron chi connectivity index (χ1n) is 11.4. The van der Waals surface area contributed by atoms with Crippen molar-refractivity contribution < 1.29 is 20.1 Å². The van der Waals surface area contributed by atoms with E-state index in [4.69, 9.17) is 0 Å². The van der Waals surface area contributed by atoms with Crippen molar-refractivity contribution in [3.05, 3.63) is 134 Å². The Hall–Kier alpha value is -3.69. The molecule has 0 N–H and O–H groups in total. The van der Waals surface area contributed by atoms with Crippen molar-refractivity contribution in [3.8, 4) is 22.5 Å². The SMILES string of the molecule is [Ir].[c-]1ccc2c(sc3cc4ccccc4cc32)c1-c1ccccn1.[c-]1ccccc1-c1ccccn1. The van der Waals surface area contributed by atoms with Gasteiger partial charge in [0, 0.05) is 37.2 Å². The molecule has 4 aromatic carbocycles. The van der Waals surface area contributed by atoms with Gasteiger partial charge in [0.1, 0.15) is 0 Å². The molecule has 2 nitrogen and oxygen atoms in total. The third-order valence-electron chi connectivity index (χ3n) is 5.87. The summed E-state index contributed by atoms with van der Waals surface area (Å²) in [5, 5.41) is 5.17. The standard InChI is InChI=1S/C21H12NS.C11H8N.Ir/c1-2-7-15-13-20-18(12-14(15)6-1)16-8-5-9-17(21(16)23-20)19-10-3-4-11-22-19;1-2-6-10(7-3-1)11-8-4-5-9-12-11;/h1-8,10-13H;1-6,8-9H;/q2*-1;. The Balaban J connectivity index is 0.000000175. The van der Waals surface area contributed by atoms with Gasteiger partial charge in [-0.15, -0.1) is 59.7 Å². The molecule has 3 aromatic heterocycles. The molecule has 0 aliphatic rings. The Morgan fingerprint density at radius 3 is 1.97 bits per heavy atom. The van der Waals surface area contributed by atoms with Crippen LogP contribution in [0.25, 0.3) is 53.5 Å². The van der Waals surface area contributed by atoms with Crippen LogP contribution in [0, 0.1) is 12.1 Å². The van der Waals surface area contributed by atoms with Gasteiger partial charge in [0.2, 0.25) is 0 Å². The molecule has 7 aromatic rings. The summed E-state index contributed by atoms with van der Waals surface area (Å²) in [5.41, 5.74) is 4.08. The van der Waals surface area contributed by atoms with Gasteiger partial charge in [0.25, 0.3) is 0 Å². The van der Waals surface area contributed by atoms with E-state index < -0.39 is 0 Å². The van der Waals surface area contributed by atoms with E-state index in [0.29, 0.717) is 0 Å². The Morgan fingerprint density at radius 1 is 0.583 bits per heavy atom. The molecule has 0 saturated carbocycles. The number of pyridine rings is 2. The second-order valence-electron chi connectivity index (χ2n) is 8.10. The molecule has 0 bridgehead atoms. The second-order valence-corrected chi connectivity index (χ2v) is 9.15. The Morgan fingerprint density at radius 2 is 1.28 bits per heavy atom. The number of fused-ring (bicyclic) bond motifs is 4. The normalized spacial score (nSPS) is 10.6. The molecule has 0 aliphatic carbocycles. The zero-order valence-corrected chi connectivity index (χ0v) is 22.4. The Labute approximate surface area is 227 Å². The molecule has 0 saturated heterocycles. The fraction of sp³-hybridized carbons (Fsp3) is 0. The minimum atomic E-state index is 0. The first kappa shape index (κ1) is 24.0. The van der Waals surface area contributed by atoms with E-state index in [1.54, 1.807) is 6.20 Å². The van der Waals surface area contributed by atoms with Gasteiger partial charge in [-0.1, -0.05) is 53.9 Å². The van der Waals surface area contributed by atoms with Crippen molar-refractivity contribution in [2.75, 3.05) is 0 Å². The van der Waals surface area contributed by atoms with E-state index in [1.165, 1.54) is 30.9 Å². The predicted octanol–water partition coefficient (Wildman–Crippen LogP) is 8.62. The predicted molar refractivity (Wildman–Crippen MR) is 147 cm³/mol. The van der Waals surface area contributed by atoms with Crippen molar-refractivity contribution >= 4 is 42.3 Å². The summed E-state index contributed by atoms with van der Waals surface area (Å²) < 4.78 is 2.58. The summed E-state index contributed by atoms with van der Waals surface area (Å²) in [6, 6.07) is 43.5. The van der Waals surface area contributed by atoms with E-state index in [9.17, 15) is 0 Å². The van der Waals surface area contributed by atoms with Crippen LogP contribution in [0.3, 0.4) is 0 Å². The molecule has 36 heavy (non-hydrogen) atoms. The molecule has 0 atom stereocenters. The third kappa shape index (κ3) is 4.84. The van der Waals surface area contributed by atoms with E-state index in [1.807, 2.05) is 84.3 Å². The van der Waals surface area contributed by atoms with E-state index in [2.05, 4.69) is 64.6 Å². The van der Waals surface area contributed by atoms with Gasteiger partial charge in [-0.2, -0.15) is 11.3 Å². The maximum Gasteiger partial charge on any atom is 0.0245 e.